The first kappa shape index (κ1) is 11.0. The van der Waals surface area contributed by atoms with E-state index in [-0.39, 0.29) is 5.69 Å². The predicted octanol–water partition coefficient (Wildman–Crippen LogP) is 1.77. The van der Waals surface area contributed by atoms with Crippen molar-refractivity contribution in [2.75, 3.05) is 0 Å². The molecule has 0 N–H and O–H groups in total. The number of pyridine rings is 2. The van der Waals surface area contributed by atoms with Gasteiger partial charge in [0.15, 0.2) is 5.65 Å². The Bertz CT molecular complexity index is 773. The van der Waals surface area contributed by atoms with Crippen molar-refractivity contribution in [1.82, 2.24) is 19.1 Å². The lowest BCUT2D eigenvalue weighted by Crippen LogP contribution is -2.21. The molecule has 6 heteroatoms. The van der Waals surface area contributed by atoms with E-state index in [9.17, 15) is 4.79 Å². The van der Waals surface area contributed by atoms with Crippen LogP contribution in [0.3, 0.4) is 0 Å². The summed E-state index contributed by atoms with van der Waals surface area (Å²) in [6.07, 6.45) is 3.21. The Morgan fingerprint density at radius 3 is 2.78 bits per heavy atom. The van der Waals surface area contributed by atoms with Crippen molar-refractivity contribution in [3.05, 3.63) is 52.3 Å². The second-order valence-electron chi connectivity index (χ2n) is 3.86. The zero-order valence-corrected chi connectivity index (χ0v) is 10.3. The van der Waals surface area contributed by atoms with Crippen LogP contribution in [0, 0.1) is 0 Å². The molecule has 90 valence electrons. The fourth-order valence-electron chi connectivity index (χ4n) is 1.90. The normalized spacial score (nSPS) is 11.0. The van der Waals surface area contributed by atoms with Gasteiger partial charge in [0, 0.05) is 13.2 Å². The summed E-state index contributed by atoms with van der Waals surface area (Å²) in [6, 6.07) is 7.03. The number of imidazole rings is 1. The van der Waals surface area contributed by atoms with E-state index in [2.05, 4.69) is 9.97 Å². The standard InChI is InChI=1S/C12H9ClN4O/c1-16-9-3-2-6-14-11(9)17(12(16)18)8-4-5-10(13)15-7-8/h2-7H,1H3. The van der Waals surface area contributed by atoms with Crippen molar-refractivity contribution in [2.24, 2.45) is 7.05 Å². The fraction of sp³-hybridized carbons (Fsp3) is 0.0833. The van der Waals surface area contributed by atoms with Gasteiger partial charge in [-0.15, -0.1) is 0 Å². The van der Waals surface area contributed by atoms with Crippen LogP contribution in [0.5, 0.6) is 0 Å². The van der Waals surface area contributed by atoms with Gasteiger partial charge in [-0.25, -0.2) is 19.3 Å². The van der Waals surface area contributed by atoms with Gasteiger partial charge < -0.3 is 0 Å². The molecule has 3 aromatic rings. The molecule has 0 saturated carbocycles. The number of rotatable bonds is 1. The summed E-state index contributed by atoms with van der Waals surface area (Å²) in [6.45, 7) is 0. The molecule has 0 atom stereocenters. The highest BCUT2D eigenvalue weighted by atomic mass is 35.5. The lowest BCUT2D eigenvalue weighted by molar-refractivity contribution is 0.843. The van der Waals surface area contributed by atoms with E-state index in [1.54, 1.807) is 42.2 Å². The van der Waals surface area contributed by atoms with Gasteiger partial charge in [0.1, 0.15) is 5.15 Å². The van der Waals surface area contributed by atoms with Gasteiger partial charge in [-0.3, -0.25) is 4.57 Å². The number of aromatic nitrogens is 4. The molecule has 3 heterocycles. The van der Waals surface area contributed by atoms with E-state index in [1.165, 1.54) is 4.57 Å². The third kappa shape index (κ3) is 1.52. The molecule has 0 saturated heterocycles. The zero-order chi connectivity index (χ0) is 12.7. The SMILES string of the molecule is Cn1c(=O)n(-c2ccc(Cl)nc2)c2ncccc21. The predicted molar refractivity (Wildman–Crippen MR) is 69.1 cm³/mol. The lowest BCUT2D eigenvalue weighted by Gasteiger charge is -2.01. The van der Waals surface area contributed by atoms with E-state index >= 15 is 0 Å². The third-order valence-corrected chi connectivity index (χ3v) is 3.01. The van der Waals surface area contributed by atoms with Crippen LogP contribution in [0.15, 0.2) is 41.5 Å². The molecule has 3 rings (SSSR count). The maximum Gasteiger partial charge on any atom is 0.334 e. The molecule has 0 bridgehead atoms. The Kier molecular flexibility index (Phi) is 2.41. The summed E-state index contributed by atoms with van der Waals surface area (Å²) in [5.41, 5.74) is 1.87. The average Bonchev–Trinajstić information content (AvgIpc) is 2.64. The Morgan fingerprint density at radius 1 is 1.22 bits per heavy atom. The number of nitrogens with zero attached hydrogens (tertiary/aromatic N) is 4. The minimum atomic E-state index is -0.159. The highest BCUT2D eigenvalue weighted by Gasteiger charge is 2.12. The number of hydrogen-bond acceptors (Lipinski definition) is 3. The molecule has 0 aliphatic carbocycles. The minimum absolute atomic E-state index is 0.159. The first-order chi connectivity index (χ1) is 8.68. The summed E-state index contributed by atoms with van der Waals surface area (Å²) >= 11 is 5.74. The van der Waals surface area contributed by atoms with E-state index in [0.717, 1.165) is 5.52 Å². The Labute approximate surface area is 107 Å². The smallest absolute Gasteiger partial charge is 0.293 e. The van der Waals surface area contributed by atoms with Gasteiger partial charge in [0.25, 0.3) is 0 Å². The van der Waals surface area contributed by atoms with Crippen LogP contribution in [0.4, 0.5) is 0 Å². The van der Waals surface area contributed by atoms with Crippen LogP contribution in [-0.2, 0) is 7.05 Å². The Balaban J connectivity index is 2.39. The van der Waals surface area contributed by atoms with Crippen LogP contribution in [0.1, 0.15) is 0 Å². The van der Waals surface area contributed by atoms with Gasteiger partial charge in [0.2, 0.25) is 0 Å². The number of hydrogen-bond donors (Lipinski definition) is 0. The van der Waals surface area contributed by atoms with Crippen LogP contribution < -0.4 is 5.69 Å². The molecule has 0 aliphatic rings. The van der Waals surface area contributed by atoms with Crippen molar-refractivity contribution in [2.45, 2.75) is 0 Å². The van der Waals surface area contributed by atoms with Crippen LogP contribution in [-0.4, -0.2) is 19.1 Å². The summed E-state index contributed by atoms with van der Waals surface area (Å²) in [4.78, 5) is 20.4. The second kappa shape index (κ2) is 3.96. The van der Waals surface area contributed by atoms with Crippen LogP contribution >= 0.6 is 11.6 Å². The molecule has 0 unspecified atom stereocenters. The van der Waals surface area contributed by atoms with Crippen molar-refractivity contribution in [1.29, 1.82) is 0 Å². The van der Waals surface area contributed by atoms with Crippen LogP contribution in [0.2, 0.25) is 5.15 Å². The highest BCUT2D eigenvalue weighted by molar-refractivity contribution is 6.29. The average molecular weight is 261 g/mol. The van der Waals surface area contributed by atoms with Crippen molar-refractivity contribution in [3.8, 4) is 5.69 Å². The summed E-state index contributed by atoms with van der Waals surface area (Å²) in [7, 11) is 1.71. The van der Waals surface area contributed by atoms with Crippen LogP contribution in [0.25, 0.3) is 16.9 Å². The van der Waals surface area contributed by atoms with Gasteiger partial charge >= 0.3 is 5.69 Å². The second-order valence-corrected chi connectivity index (χ2v) is 4.25. The largest absolute Gasteiger partial charge is 0.334 e. The first-order valence-corrected chi connectivity index (χ1v) is 5.70. The van der Waals surface area contributed by atoms with Gasteiger partial charge in [-0.1, -0.05) is 11.6 Å². The quantitative estimate of drug-likeness (QED) is 0.627. The maximum atomic E-state index is 12.2. The van der Waals surface area contributed by atoms with Gasteiger partial charge in [-0.2, -0.15) is 0 Å². The minimum Gasteiger partial charge on any atom is -0.293 e. The summed E-state index contributed by atoms with van der Waals surface area (Å²) < 4.78 is 3.07. The topological polar surface area (TPSA) is 52.7 Å². The van der Waals surface area contributed by atoms with E-state index < -0.39 is 0 Å². The summed E-state index contributed by atoms with van der Waals surface area (Å²) in [5.74, 6) is 0. The Morgan fingerprint density at radius 2 is 2.06 bits per heavy atom. The number of fused-ring (bicyclic) bond motifs is 1. The van der Waals surface area contributed by atoms with Crippen molar-refractivity contribution < 1.29 is 0 Å². The summed E-state index contributed by atoms with van der Waals surface area (Å²) in [5, 5.41) is 0.389. The van der Waals surface area contributed by atoms with Gasteiger partial charge in [0.05, 0.1) is 17.4 Å². The first-order valence-electron chi connectivity index (χ1n) is 5.33. The number of halogens is 1. The van der Waals surface area contributed by atoms with Crippen molar-refractivity contribution in [3.63, 3.8) is 0 Å². The van der Waals surface area contributed by atoms with E-state index in [4.69, 9.17) is 11.6 Å². The van der Waals surface area contributed by atoms with E-state index in [1.807, 2.05) is 6.07 Å². The molecular formula is C12H9ClN4O. The molecule has 0 aromatic carbocycles. The third-order valence-electron chi connectivity index (χ3n) is 2.79. The highest BCUT2D eigenvalue weighted by Crippen LogP contribution is 2.15. The molecule has 0 amide bonds. The molecule has 5 nitrogen and oxygen atoms in total. The molecule has 0 spiro atoms. The Hall–Kier alpha value is -2.14. The fourth-order valence-corrected chi connectivity index (χ4v) is 2.01. The molecule has 3 aromatic heterocycles. The molecular weight excluding hydrogens is 252 g/mol. The van der Waals surface area contributed by atoms with Gasteiger partial charge in [-0.05, 0) is 24.3 Å². The van der Waals surface area contributed by atoms with E-state index in [0.29, 0.717) is 16.5 Å². The molecule has 0 aliphatic heterocycles. The lowest BCUT2D eigenvalue weighted by atomic mass is 10.4. The maximum absolute atomic E-state index is 12.2. The molecule has 18 heavy (non-hydrogen) atoms. The molecule has 0 radical (unpaired) electrons. The number of aryl methyl sites for hydroxylation is 1. The van der Waals surface area contributed by atoms with Crippen molar-refractivity contribution >= 4 is 22.8 Å². The molecule has 0 fully saturated rings. The monoisotopic (exact) mass is 260 g/mol. The zero-order valence-electron chi connectivity index (χ0n) is 9.54.